The lowest BCUT2D eigenvalue weighted by atomic mass is 10.1. The maximum absolute atomic E-state index is 12.0. The van der Waals surface area contributed by atoms with Crippen LogP contribution in [0.25, 0.3) is 0 Å². The molecule has 0 radical (unpaired) electrons. The molecule has 1 heterocycles. The molecule has 1 unspecified atom stereocenters. The topological polar surface area (TPSA) is 61.4 Å². The number of nitrogens with one attached hydrogen (secondary N) is 2. The summed E-state index contributed by atoms with van der Waals surface area (Å²) in [6.45, 7) is 6.00. The molecule has 0 aromatic heterocycles. The van der Waals surface area contributed by atoms with Gasteiger partial charge in [0.05, 0.1) is 0 Å². The van der Waals surface area contributed by atoms with E-state index in [1.807, 2.05) is 25.1 Å². The maximum atomic E-state index is 12.0. The SMILES string of the molecule is CC(CC(=O)NCCCN1CCCCC1)NC(=O)c1ccccc1. The normalized spacial score (nSPS) is 16.4. The fraction of sp³-hybridized carbons (Fsp3) is 0.579. The molecule has 1 aromatic carbocycles. The molecule has 0 bridgehead atoms. The Hall–Kier alpha value is -1.88. The van der Waals surface area contributed by atoms with E-state index in [0.717, 1.165) is 13.0 Å². The van der Waals surface area contributed by atoms with Gasteiger partial charge in [0.15, 0.2) is 0 Å². The van der Waals surface area contributed by atoms with Gasteiger partial charge in [-0.2, -0.15) is 0 Å². The Labute approximate surface area is 144 Å². The number of piperidine rings is 1. The van der Waals surface area contributed by atoms with Crippen molar-refractivity contribution in [2.75, 3.05) is 26.2 Å². The monoisotopic (exact) mass is 331 g/mol. The maximum Gasteiger partial charge on any atom is 0.251 e. The smallest absolute Gasteiger partial charge is 0.251 e. The van der Waals surface area contributed by atoms with Gasteiger partial charge in [-0.15, -0.1) is 0 Å². The predicted octanol–water partition coefficient (Wildman–Crippen LogP) is 2.19. The fourth-order valence-electron chi connectivity index (χ4n) is 3.01. The number of amides is 2. The van der Waals surface area contributed by atoms with E-state index in [9.17, 15) is 9.59 Å². The van der Waals surface area contributed by atoms with Crippen molar-refractivity contribution in [2.45, 2.75) is 45.1 Å². The highest BCUT2D eigenvalue weighted by molar-refractivity contribution is 5.94. The van der Waals surface area contributed by atoms with Gasteiger partial charge in [0, 0.05) is 24.6 Å². The number of benzene rings is 1. The van der Waals surface area contributed by atoms with Crippen molar-refractivity contribution in [1.82, 2.24) is 15.5 Å². The summed E-state index contributed by atoms with van der Waals surface area (Å²) < 4.78 is 0. The van der Waals surface area contributed by atoms with Gasteiger partial charge in [-0.1, -0.05) is 24.6 Å². The van der Waals surface area contributed by atoms with E-state index >= 15 is 0 Å². The van der Waals surface area contributed by atoms with Crippen molar-refractivity contribution >= 4 is 11.8 Å². The average molecular weight is 331 g/mol. The zero-order valence-corrected chi connectivity index (χ0v) is 14.6. The van der Waals surface area contributed by atoms with Crippen molar-refractivity contribution in [2.24, 2.45) is 0 Å². The molecule has 1 aromatic rings. The van der Waals surface area contributed by atoms with E-state index in [-0.39, 0.29) is 17.9 Å². The molecule has 1 aliphatic rings. The predicted molar refractivity (Wildman–Crippen MR) is 95.9 cm³/mol. The molecular weight excluding hydrogens is 302 g/mol. The van der Waals surface area contributed by atoms with Crippen molar-refractivity contribution < 1.29 is 9.59 Å². The summed E-state index contributed by atoms with van der Waals surface area (Å²) in [5.41, 5.74) is 0.617. The minimum atomic E-state index is -0.181. The third kappa shape index (κ3) is 6.71. The Balaban J connectivity index is 1.58. The van der Waals surface area contributed by atoms with Crippen LogP contribution in [0.1, 0.15) is 49.4 Å². The summed E-state index contributed by atoms with van der Waals surface area (Å²) in [6.07, 6.45) is 5.23. The highest BCUT2D eigenvalue weighted by Crippen LogP contribution is 2.08. The van der Waals surface area contributed by atoms with Crippen LogP contribution in [0.3, 0.4) is 0 Å². The van der Waals surface area contributed by atoms with Crippen LogP contribution in [0.15, 0.2) is 30.3 Å². The van der Waals surface area contributed by atoms with Crippen LogP contribution in [-0.4, -0.2) is 48.9 Å². The van der Waals surface area contributed by atoms with E-state index in [2.05, 4.69) is 15.5 Å². The Bertz CT molecular complexity index is 513. The summed E-state index contributed by atoms with van der Waals surface area (Å²) in [4.78, 5) is 26.4. The molecule has 1 aliphatic heterocycles. The van der Waals surface area contributed by atoms with Crippen LogP contribution in [0, 0.1) is 0 Å². The first-order valence-corrected chi connectivity index (χ1v) is 9.00. The number of carbonyl (C=O) groups is 2. The standard InChI is InChI=1S/C19H29N3O2/c1-16(21-19(24)17-9-4-2-5-10-17)15-18(23)20-11-8-14-22-12-6-3-7-13-22/h2,4-5,9-10,16H,3,6-8,11-15H2,1H3,(H,20,23)(H,21,24). The van der Waals surface area contributed by atoms with Crippen molar-refractivity contribution in [3.63, 3.8) is 0 Å². The lowest BCUT2D eigenvalue weighted by Gasteiger charge is -2.26. The summed E-state index contributed by atoms with van der Waals surface area (Å²) in [7, 11) is 0. The third-order valence-corrected chi connectivity index (χ3v) is 4.33. The van der Waals surface area contributed by atoms with Gasteiger partial charge >= 0.3 is 0 Å². The third-order valence-electron chi connectivity index (χ3n) is 4.33. The molecule has 5 heteroatoms. The minimum absolute atomic E-state index is 0.00509. The van der Waals surface area contributed by atoms with Crippen LogP contribution in [0.2, 0.25) is 0 Å². The summed E-state index contributed by atoms with van der Waals surface area (Å²) in [5.74, 6) is -0.143. The quantitative estimate of drug-likeness (QED) is 0.718. The van der Waals surface area contributed by atoms with Crippen molar-refractivity contribution in [1.29, 1.82) is 0 Å². The zero-order valence-electron chi connectivity index (χ0n) is 14.6. The molecule has 1 saturated heterocycles. The Kier molecular flexibility index (Phi) is 7.75. The first kappa shape index (κ1) is 18.5. The van der Waals surface area contributed by atoms with Gasteiger partial charge in [0.25, 0.3) is 5.91 Å². The highest BCUT2D eigenvalue weighted by Gasteiger charge is 2.13. The zero-order chi connectivity index (χ0) is 17.2. The number of likely N-dealkylation sites (tertiary alicyclic amines) is 1. The first-order valence-electron chi connectivity index (χ1n) is 9.00. The van der Waals surface area contributed by atoms with Crippen LogP contribution in [-0.2, 0) is 4.79 Å². The van der Waals surface area contributed by atoms with Crippen molar-refractivity contribution in [3.8, 4) is 0 Å². The van der Waals surface area contributed by atoms with Gasteiger partial charge in [0.2, 0.25) is 5.91 Å². The first-order chi connectivity index (χ1) is 11.6. The molecule has 0 aliphatic carbocycles. The van der Waals surface area contributed by atoms with Gasteiger partial charge in [-0.25, -0.2) is 0 Å². The lowest BCUT2D eigenvalue weighted by Crippen LogP contribution is -2.38. The Morgan fingerprint density at radius 2 is 1.83 bits per heavy atom. The van der Waals surface area contributed by atoms with Crippen molar-refractivity contribution in [3.05, 3.63) is 35.9 Å². The van der Waals surface area contributed by atoms with Crippen LogP contribution < -0.4 is 10.6 Å². The van der Waals surface area contributed by atoms with Crippen LogP contribution >= 0.6 is 0 Å². The molecule has 2 rings (SSSR count). The molecule has 2 amide bonds. The van der Waals surface area contributed by atoms with Gasteiger partial charge in [0.1, 0.15) is 0 Å². The second kappa shape index (κ2) is 10.1. The molecule has 0 spiro atoms. The highest BCUT2D eigenvalue weighted by atomic mass is 16.2. The molecule has 132 valence electrons. The fourth-order valence-corrected chi connectivity index (χ4v) is 3.01. The molecule has 1 atom stereocenters. The van der Waals surface area contributed by atoms with Gasteiger partial charge in [-0.05, 0) is 58.0 Å². The summed E-state index contributed by atoms with van der Waals surface area (Å²) in [5, 5.41) is 5.81. The van der Waals surface area contributed by atoms with E-state index in [1.165, 1.54) is 32.4 Å². The van der Waals surface area contributed by atoms with E-state index < -0.39 is 0 Å². The van der Waals surface area contributed by atoms with Crippen LogP contribution in [0.5, 0.6) is 0 Å². The Morgan fingerprint density at radius 3 is 2.54 bits per heavy atom. The minimum Gasteiger partial charge on any atom is -0.356 e. The molecule has 1 fully saturated rings. The number of carbonyl (C=O) groups excluding carboxylic acids is 2. The van der Waals surface area contributed by atoms with Gasteiger partial charge in [-0.3, -0.25) is 9.59 Å². The number of rotatable bonds is 8. The molecule has 24 heavy (non-hydrogen) atoms. The van der Waals surface area contributed by atoms with Crippen LogP contribution in [0.4, 0.5) is 0 Å². The number of hydrogen-bond donors (Lipinski definition) is 2. The van der Waals surface area contributed by atoms with E-state index in [1.54, 1.807) is 12.1 Å². The Morgan fingerprint density at radius 1 is 1.12 bits per heavy atom. The van der Waals surface area contributed by atoms with Gasteiger partial charge < -0.3 is 15.5 Å². The molecular formula is C19H29N3O2. The van der Waals surface area contributed by atoms with E-state index in [4.69, 9.17) is 0 Å². The largest absolute Gasteiger partial charge is 0.356 e. The summed E-state index contributed by atoms with van der Waals surface area (Å²) >= 11 is 0. The number of nitrogens with zero attached hydrogens (tertiary/aromatic N) is 1. The molecule has 0 saturated carbocycles. The number of hydrogen-bond acceptors (Lipinski definition) is 3. The summed E-state index contributed by atoms with van der Waals surface area (Å²) in [6, 6.07) is 8.88. The average Bonchev–Trinajstić information content (AvgIpc) is 2.60. The molecule has 5 nitrogen and oxygen atoms in total. The second-order valence-electron chi connectivity index (χ2n) is 6.55. The van der Waals surface area contributed by atoms with E-state index in [0.29, 0.717) is 18.5 Å². The lowest BCUT2D eigenvalue weighted by molar-refractivity contribution is -0.121. The second-order valence-corrected chi connectivity index (χ2v) is 6.55. The molecule has 2 N–H and O–H groups in total.